The van der Waals surface area contributed by atoms with Crippen molar-refractivity contribution in [2.75, 3.05) is 13.2 Å². The van der Waals surface area contributed by atoms with E-state index in [1.165, 1.54) is 44.1 Å². The molecule has 1 aliphatic carbocycles. The molecule has 0 bridgehead atoms. The van der Waals surface area contributed by atoms with Gasteiger partial charge in [0.05, 0.1) is 12.2 Å². The van der Waals surface area contributed by atoms with E-state index in [1.54, 1.807) is 0 Å². The Bertz CT molecular complexity index is 437. The molecule has 1 heterocycles. The second-order valence-corrected chi connectivity index (χ2v) is 6.33. The average molecular weight is 289 g/mol. The van der Waals surface area contributed by atoms with Gasteiger partial charge in [0, 0.05) is 24.8 Å². The van der Waals surface area contributed by atoms with Crippen LogP contribution in [0.3, 0.4) is 0 Å². The SMILES string of the molecule is CC(NCC1CCCO1)c1ccccc1OC1CCCC1. The van der Waals surface area contributed by atoms with Crippen LogP contribution in [0, 0.1) is 0 Å². The van der Waals surface area contributed by atoms with Crippen molar-refractivity contribution in [2.24, 2.45) is 0 Å². The molecule has 1 aliphatic heterocycles. The third kappa shape index (κ3) is 3.98. The van der Waals surface area contributed by atoms with E-state index >= 15 is 0 Å². The van der Waals surface area contributed by atoms with Gasteiger partial charge in [0.1, 0.15) is 5.75 Å². The molecule has 0 radical (unpaired) electrons. The van der Waals surface area contributed by atoms with Gasteiger partial charge in [-0.3, -0.25) is 0 Å². The van der Waals surface area contributed by atoms with E-state index in [0.29, 0.717) is 18.2 Å². The van der Waals surface area contributed by atoms with E-state index in [0.717, 1.165) is 18.9 Å². The Labute approximate surface area is 128 Å². The van der Waals surface area contributed by atoms with Crippen LogP contribution in [0.1, 0.15) is 57.1 Å². The summed E-state index contributed by atoms with van der Waals surface area (Å²) in [6.07, 6.45) is 8.19. The molecule has 0 aromatic heterocycles. The maximum absolute atomic E-state index is 6.23. The highest BCUT2D eigenvalue weighted by molar-refractivity contribution is 5.35. The fraction of sp³-hybridized carbons (Fsp3) is 0.667. The molecule has 1 N–H and O–H groups in total. The summed E-state index contributed by atoms with van der Waals surface area (Å²) in [6, 6.07) is 8.75. The molecule has 2 atom stereocenters. The van der Waals surface area contributed by atoms with Crippen LogP contribution >= 0.6 is 0 Å². The van der Waals surface area contributed by atoms with Gasteiger partial charge in [-0.1, -0.05) is 18.2 Å². The minimum absolute atomic E-state index is 0.298. The Balaban J connectivity index is 1.59. The van der Waals surface area contributed by atoms with Crippen molar-refractivity contribution >= 4 is 0 Å². The van der Waals surface area contributed by atoms with Crippen molar-refractivity contribution in [1.82, 2.24) is 5.32 Å². The minimum atomic E-state index is 0.298. The molecule has 2 fully saturated rings. The Morgan fingerprint density at radius 2 is 2.00 bits per heavy atom. The van der Waals surface area contributed by atoms with Gasteiger partial charge in [0.15, 0.2) is 0 Å². The van der Waals surface area contributed by atoms with Crippen LogP contribution in [0.25, 0.3) is 0 Å². The van der Waals surface area contributed by atoms with E-state index in [4.69, 9.17) is 9.47 Å². The Morgan fingerprint density at radius 3 is 2.76 bits per heavy atom. The zero-order valence-electron chi connectivity index (χ0n) is 13.0. The highest BCUT2D eigenvalue weighted by Gasteiger charge is 2.20. The highest BCUT2D eigenvalue weighted by Crippen LogP contribution is 2.30. The van der Waals surface area contributed by atoms with Crippen LogP contribution in [-0.2, 0) is 4.74 Å². The van der Waals surface area contributed by atoms with Gasteiger partial charge in [0.25, 0.3) is 0 Å². The molecule has 1 saturated carbocycles. The molecular formula is C18H27NO2. The fourth-order valence-corrected chi connectivity index (χ4v) is 3.35. The number of nitrogens with one attached hydrogen (secondary N) is 1. The summed E-state index contributed by atoms with van der Waals surface area (Å²) in [6.45, 7) is 4.06. The normalized spacial score (nSPS) is 24.3. The summed E-state index contributed by atoms with van der Waals surface area (Å²) < 4.78 is 11.9. The largest absolute Gasteiger partial charge is 0.490 e. The molecule has 1 saturated heterocycles. The number of hydrogen-bond donors (Lipinski definition) is 1. The van der Waals surface area contributed by atoms with Gasteiger partial charge in [-0.05, 0) is 51.5 Å². The maximum Gasteiger partial charge on any atom is 0.124 e. The van der Waals surface area contributed by atoms with Crippen LogP contribution < -0.4 is 10.1 Å². The third-order valence-electron chi connectivity index (χ3n) is 4.66. The van der Waals surface area contributed by atoms with Crippen molar-refractivity contribution < 1.29 is 9.47 Å². The molecule has 3 nitrogen and oxygen atoms in total. The van der Waals surface area contributed by atoms with Gasteiger partial charge in [-0.2, -0.15) is 0 Å². The molecule has 1 aromatic carbocycles. The second-order valence-electron chi connectivity index (χ2n) is 6.33. The average Bonchev–Trinajstić information content (AvgIpc) is 3.18. The van der Waals surface area contributed by atoms with Crippen LogP contribution in [0.5, 0.6) is 5.75 Å². The summed E-state index contributed by atoms with van der Waals surface area (Å²) >= 11 is 0. The number of para-hydroxylation sites is 1. The van der Waals surface area contributed by atoms with Crippen molar-refractivity contribution in [2.45, 2.75) is 63.7 Å². The lowest BCUT2D eigenvalue weighted by atomic mass is 10.1. The summed E-state index contributed by atoms with van der Waals surface area (Å²) in [5, 5.41) is 3.60. The smallest absolute Gasteiger partial charge is 0.124 e. The van der Waals surface area contributed by atoms with E-state index in [1.807, 2.05) is 0 Å². The Hall–Kier alpha value is -1.06. The lowest BCUT2D eigenvalue weighted by Gasteiger charge is -2.22. The van der Waals surface area contributed by atoms with Gasteiger partial charge < -0.3 is 14.8 Å². The van der Waals surface area contributed by atoms with E-state index in [9.17, 15) is 0 Å². The second kappa shape index (κ2) is 7.28. The molecule has 21 heavy (non-hydrogen) atoms. The lowest BCUT2D eigenvalue weighted by molar-refractivity contribution is 0.107. The molecule has 3 heteroatoms. The Kier molecular flexibility index (Phi) is 5.15. The molecule has 3 rings (SSSR count). The first-order valence-electron chi connectivity index (χ1n) is 8.43. The highest BCUT2D eigenvalue weighted by atomic mass is 16.5. The molecule has 1 aromatic rings. The van der Waals surface area contributed by atoms with Crippen LogP contribution in [-0.4, -0.2) is 25.4 Å². The van der Waals surface area contributed by atoms with Crippen molar-refractivity contribution in [3.8, 4) is 5.75 Å². The Morgan fingerprint density at radius 1 is 1.19 bits per heavy atom. The zero-order chi connectivity index (χ0) is 14.5. The topological polar surface area (TPSA) is 30.5 Å². The molecular weight excluding hydrogens is 262 g/mol. The first-order chi connectivity index (χ1) is 10.3. The lowest BCUT2D eigenvalue weighted by Crippen LogP contribution is -2.29. The molecule has 0 spiro atoms. The molecule has 0 amide bonds. The number of ether oxygens (including phenoxy) is 2. The first kappa shape index (κ1) is 14.9. The van der Waals surface area contributed by atoms with E-state index in [-0.39, 0.29) is 0 Å². The molecule has 2 aliphatic rings. The predicted octanol–water partition coefficient (Wildman–Crippen LogP) is 3.84. The summed E-state index contributed by atoms with van der Waals surface area (Å²) in [5.74, 6) is 1.05. The number of rotatable bonds is 6. The van der Waals surface area contributed by atoms with Crippen molar-refractivity contribution in [3.63, 3.8) is 0 Å². The minimum Gasteiger partial charge on any atom is -0.490 e. The van der Waals surface area contributed by atoms with Crippen LogP contribution in [0.2, 0.25) is 0 Å². The van der Waals surface area contributed by atoms with E-state index < -0.39 is 0 Å². The van der Waals surface area contributed by atoms with Crippen LogP contribution in [0.15, 0.2) is 24.3 Å². The zero-order valence-corrected chi connectivity index (χ0v) is 13.0. The van der Waals surface area contributed by atoms with Gasteiger partial charge in [-0.15, -0.1) is 0 Å². The standard InChI is InChI=1S/C18H27NO2/c1-14(19-13-16-9-6-12-20-16)17-10-4-5-11-18(17)21-15-7-2-3-8-15/h4-5,10-11,14-16,19H,2-3,6-9,12-13H2,1H3. The first-order valence-corrected chi connectivity index (χ1v) is 8.43. The third-order valence-corrected chi connectivity index (χ3v) is 4.66. The summed E-state index contributed by atoms with van der Waals surface area (Å²) in [7, 11) is 0. The monoisotopic (exact) mass is 289 g/mol. The van der Waals surface area contributed by atoms with Gasteiger partial charge in [-0.25, -0.2) is 0 Å². The van der Waals surface area contributed by atoms with Crippen LogP contribution in [0.4, 0.5) is 0 Å². The quantitative estimate of drug-likeness (QED) is 0.863. The van der Waals surface area contributed by atoms with Crippen molar-refractivity contribution in [1.29, 1.82) is 0 Å². The van der Waals surface area contributed by atoms with Crippen molar-refractivity contribution in [3.05, 3.63) is 29.8 Å². The van der Waals surface area contributed by atoms with E-state index in [2.05, 4.69) is 36.5 Å². The van der Waals surface area contributed by atoms with Gasteiger partial charge >= 0.3 is 0 Å². The fourth-order valence-electron chi connectivity index (χ4n) is 3.35. The molecule has 2 unspecified atom stereocenters. The number of hydrogen-bond acceptors (Lipinski definition) is 3. The van der Waals surface area contributed by atoms with Gasteiger partial charge in [0.2, 0.25) is 0 Å². The molecule has 116 valence electrons. The summed E-state index contributed by atoms with van der Waals surface area (Å²) in [4.78, 5) is 0. The summed E-state index contributed by atoms with van der Waals surface area (Å²) in [5.41, 5.74) is 1.27. The number of benzene rings is 1. The predicted molar refractivity (Wildman–Crippen MR) is 84.7 cm³/mol. The maximum atomic E-state index is 6.23.